The molecule has 2 saturated heterocycles. The number of carboxylic acid groups (broad SMARTS) is 2. The number of likely N-dealkylation sites (tertiary alicyclic amines) is 1. The third-order valence-electron chi connectivity index (χ3n) is 10.4. The number of hydrogen-bond acceptors (Lipinski definition) is 7. The van der Waals surface area contributed by atoms with Gasteiger partial charge in [-0.3, -0.25) is 29.9 Å². The van der Waals surface area contributed by atoms with Gasteiger partial charge in [-0.15, -0.1) is 0 Å². The molecular formula is C34H38N4O6. The van der Waals surface area contributed by atoms with Crippen molar-refractivity contribution in [2.75, 3.05) is 13.1 Å². The molecule has 1 aliphatic carbocycles. The van der Waals surface area contributed by atoms with Crippen molar-refractivity contribution < 1.29 is 24.7 Å². The molecule has 0 aromatic heterocycles. The van der Waals surface area contributed by atoms with Gasteiger partial charge in [0.1, 0.15) is 5.41 Å². The first-order chi connectivity index (χ1) is 21.1. The first-order valence-electron chi connectivity index (χ1n) is 15.2. The van der Waals surface area contributed by atoms with Crippen molar-refractivity contribution in [2.24, 2.45) is 28.4 Å². The van der Waals surface area contributed by atoms with Gasteiger partial charge in [-0.1, -0.05) is 85.6 Å². The van der Waals surface area contributed by atoms with Gasteiger partial charge in [-0.25, -0.2) is 0 Å². The second-order valence-corrected chi connectivity index (χ2v) is 12.8. The second-order valence-electron chi connectivity index (χ2n) is 12.8. The minimum atomic E-state index is -1.76. The number of rotatable bonds is 10. The molecule has 3 aromatic rings. The molecule has 44 heavy (non-hydrogen) atoms. The number of nitro benzene ring substituents is 1. The van der Waals surface area contributed by atoms with E-state index in [0.29, 0.717) is 18.7 Å². The van der Waals surface area contributed by atoms with Crippen molar-refractivity contribution in [3.63, 3.8) is 0 Å². The average molecular weight is 599 g/mol. The molecule has 3 aromatic carbocycles. The Hall–Kier alpha value is -4.12. The van der Waals surface area contributed by atoms with Gasteiger partial charge in [-0.2, -0.15) is 0 Å². The fraction of sp³-hybridized carbons (Fsp3) is 0.412. The van der Waals surface area contributed by atoms with E-state index in [1.807, 2.05) is 60.7 Å². The number of carbonyl (C=O) groups is 2. The number of hydrogen-bond donors (Lipinski definition) is 4. The number of aliphatic carboxylic acids is 2. The van der Waals surface area contributed by atoms with Gasteiger partial charge >= 0.3 is 11.9 Å². The van der Waals surface area contributed by atoms with E-state index >= 15 is 0 Å². The number of carboxylic acids is 2. The highest BCUT2D eigenvalue weighted by molar-refractivity contribution is 5.84. The van der Waals surface area contributed by atoms with Crippen molar-refractivity contribution in [2.45, 2.75) is 50.4 Å². The largest absolute Gasteiger partial charge is 0.481 e. The van der Waals surface area contributed by atoms with Crippen LogP contribution in [-0.4, -0.2) is 57.3 Å². The molecule has 5 atom stereocenters. The minimum absolute atomic E-state index is 0.135. The SMILES string of the molecule is CC1NC(N)C(C(=O)O)(C2CN(C(c3ccccc3)c3ccccc3)C2)C(c2cccc([N+](=O)[O-])c2)C1(CC1CC1)C(=O)O. The Bertz CT molecular complexity index is 1500. The van der Waals surface area contributed by atoms with Crippen LogP contribution in [0.25, 0.3) is 0 Å². The zero-order valence-electron chi connectivity index (χ0n) is 24.6. The molecule has 0 spiro atoms. The van der Waals surface area contributed by atoms with Gasteiger partial charge in [-0.05, 0) is 36.0 Å². The highest BCUT2D eigenvalue weighted by Crippen LogP contribution is 2.63. The summed E-state index contributed by atoms with van der Waals surface area (Å²) in [6.45, 7) is 2.46. The van der Waals surface area contributed by atoms with Gasteiger partial charge in [0.25, 0.3) is 5.69 Å². The van der Waals surface area contributed by atoms with E-state index in [1.165, 1.54) is 18.2 Å². The smallest absolute Gasteiger partial charge is 0.313 e. The number of piperidine rings is 1. The Balaban J connectivity index is 1.49. The molecule has 10 nitrogen and oxygen atoms in total. The molecule has 1 saturated carbocycles. The second kappa shape index (κ2) is 11.4. The van der Waals surface area contributed by atoms with Gasteiger partial charge in [0.2, 0.25) is 0 Å². The maximum Gasteiger partial charge on any atom is 0.313 e. The Morgan fingerprint density at radius 1 is 0.977 bits per heavy atom. The standard InChI is InChI=1S/C34H38N4O6/c1-21-33(31(39)40,18-22-15-16-22)29(25-13-8-14-27(17-25)38(43)44)34(32(41)42,30(35)36-21)26-19-37(20-26)28(23-9-4-2-5-10-23)24-11-6-3-7-12-24/h2-14,17,21-22,26,28-30,36H,15-16,18-20,35H2,1H3,(H,39,40)(H,41,42). The molecule has 230 valence electrons. The Labute approximate surface area is 256 Å². The maximum atomic E-state index is 13.8. The third-order valence-corrected chi connectivity index (χ3v) is 10.4. The molecule has 10 heteroatoms. The third kappa shape index (κ3) is 4.77. The summed E-state index contributed by atoms with van der Waals surface area (Å²) in [7, 11) is 0. The van der Waals surface area contributed by atoms with Crippen molar-refractivity contribution in [3.05, 3.63) is 112 Å². The number of non-ortho nitro benzene ring substituents is 1. The van der Waals surface area contributed by atoms with Crippen LogP contribution in [0.2, 0.25) is 0 Å². The fourth-order valence-electron chi connectivity index (χ4n) is 8.12. The van der Waals surface area contributed by atoms with E-state index in [1.54, 1.807) is 13.0 Å². The summed E-state index contributed by atoms with van der Waals surface area (Å²) in [6.07, 6.45) is 0.897. The van der Waals surface area contributed by atoms with E-state index in [0.717, 1.165) is 24.0 Å². The molecule has 0 bridgehead atoms. The summed E-state index contributed by atoms with van der Waals surface area (Å²) in [4.78, 5) is 40.9. The predicted octanol–water partition coefficient (Wildman–Crippen LogP) is 4.62. The number of nitro groups is 1. The summed E-state index contributed by atoms with van der Waals surface area (Å²) >= 11 is 0. The Morgan fingerprint density at radius 2 is 1.57 bits per heavy atom. The van der Waals surface area contributed by atoms with Gasteiger partial charge in [0, 0.05) is 43.1 Å². The predicted molar refractivity (Wildman–Crippen MR) is 164 cm³/mol. The summed E-state index contributed by atoms with van der Waals surface area (Å²) in [5, 5.41) is 37.4. The molecule has 0 radical (unpaired) electrons. The highest BCUT2D eigenvalue weighted by Gasteiger charge is 2.71. The zero-order chi connectivity index (χ0) is 31.2. The van der Waals surface area contributed by atoms with E-state index in [-0.39, 0.29) is 24.1 Å². The monoisotopic (exact) mass is 598 g/mol. The molecule has 5 N–H and O–H groups in total. The van der Waals surface area contributed by atoms with Crippen molar-refractivity contribution in [1.29, 1.82) is 0 Å². The summed E-state index contributed by atoms with van der Waals surface area (Å²) in [5.74, 6) is -3.82. The van der Waals surface area contributed by atoms with E-state index in [4.69, 9.17) is 5.73 Å². The van der Waals surface area contributed by atoms with Crippen LogP contribution < -0.4 is 11.1 Å². The first-order valence-corrected chi connectivity index (χ1v) is 15.2. The van der Waals surface area contributed by atoms with Crippen LogP contribution in [-0.2, 0) is 9.59 Å². The van der Waals surface area contributed by atoms with Crippen LogP contribution in [0.5, 0.6) is 0 Å². The van der Waals surface area contributed by atoms with Gasteiger partial charge in [0.05, 0.1) is 22.5 Å². The van der Waals surface area contributed by atoms with Crippen LogP contribution in [0.15, 0.2) is 84.9 Å². The van der Waals surface area contributed by atoms with Gasteiger partial charge < -0.3 is 15.9 Å². The number of nitrogens with zero attached hydrogens (tertiary/aromatic N) is 2. The van der Waals surface area contributed by atoms with Crippen molar-refractivity contribution >= 4 is 17.6 Å². The Morgan fingerprint density at radius 3 is 2.07 bits per heavy atom. The van der Waals surface area contributed by atoms with Gasteiger partial charge in [0.15, 0.2) is 0 Å². The van der Waals surface area contributed by atoms with Crippen LogP contribution in [0.3, 0.4) is 0 Å². The maximum absolute atomic E-state index is 13.8. The molecule has 3 fully saturated rings. The molecule has 2 heterocycles. The summed E-state index contributed by atoms with van der Waals surface area (Å²) < 4.78 is 0. The lowest BCUT2D eigenvalue weighted by atomic mass is 9.47. The van der Waals surface area contributed by atoms with Crippen molar-refractivity contribution in [3.8, 4) is 0 Å². The molecule has 3 aliphatic rings. The first kappa shape index (κ1) is 29.9. The van der Waals surface area contributed by atoms with Crippen LogP contribution in [0.4, 0.5) is 5.69 Å². The number of nitrogens with one attached hydrogen (secondary N) is 1. The average Bonchev–Trinajstić information content (AvgIpc) is 3.81. The fourth-order valence-corrected chi connectivity index (χ4v) is 8.12. The molecular weight excluding hydrogens is 560 g/mol. The molecule has 0 amide bonds. The Kier molecular flexibility index (Phi) is 7.77. The molecule has 2 aliphatic heterocycles. The topological polar surface area (TPSA) is 159 Å². The van der Waals surface area contributed by atoms with E-state index in [2.05, 4.69) is 10.2 Å². The summed E-state index contributed by atoms with van der Waals surface area (Å²) in [5.41, 5.74) is 5.74. The quantitative estimate of drug-likeness (QED) is 0.193. The van der Waals surface area contributed by atoms with Crippen LogP contribution in [0, 0.1) is 32.8 Å². The zero-order valence-corrected chi connectivity index (χ0v) is 24.6. The molecule has 6 rings (SSSR count). The normalized spacial score (nSPS) is 29.2. The van der Waals surface area contributed by atoms with Crippen LogP contribution in [0.1, 0.15) is 54.8 Å². The highest BCUT2D eigenvalue weighted by atomic mass is 16.6. The number of benzene rings is 3. The summed E-state index contributed by atoms with van der Waals surface area (Å²) in [6, 6.07) is 25.0. The van der Waals surface area contributed by atoms with Crippen LogP contribution >= 0.6 is 0 Å². The van der Waals surface area contributed by atoms with E-state index in [9.17, 15) is 29.9 Å². The lowest BCUT2D eigenvalue weighted by Gasteiger charge is -2.63. The minimum Gasteiger partial charge on any atom is -0.481 e. The lowest BCUT2D eigenvalue weighted by Crippen LogP contribution is -2.77. The molecule has 5 unspecified atom stereocenters. The van der Waals surface area contributed by atoms with E-state index < -0.39 is 51.7 Å². The number of nitrogens with two attached hydrogens (primary N) is 1. The lowest BCUT2D eigenvalue weighted by molar-refractivity contribution is -0.385. The van der Waals surface area contributed by atoms with Crippen molar-refractivity contribution in [1.82, 2.24) is 10.2 Å².